The van der Waals surface area contributed by atoms with Crippen molar-refractivity contribution in [3.8, 4) is 0 Å². The zero-order chi connectivity index (χ0) is 51.4. The van der Waals surface area contributed by atoms with E-state index in [9.17, 15) is 19.2 Å². The maximum atomic E-state index is 15.7. The van der Waals surface area contributed by atoms with Gasteiger partial charge in [0.1, 0.15) is 26.7 Å². The monoisotopic (exact) mass is 993 g/mol. The van der Waals surface area contributed by atoms with Crippen molar-refractivity contribution in [2.75, 3.05) is 79.0 Å². The molecule has 24 nitrogen and oxygen atoms in total. The van der Waals surface area contributed by atoms with Crippen LogP contribution in [0.25, 0.3) is 0 Å². The molecule has 9 aliphatic heterocycles. The third-order valence-electron chi connectivity index (χ3n) is 14.8. The highest BCUT2D eigenvalue weighted by molar-refractivity contribution is 5.91. The molecule has 0 aliphatic carbocycles. The maximum absolute atomic E-state index is 15.7. The Balaban J connectivity index is 1.26. The van der Waals surface area contributed by atoms with E-state index in [1.807, 2.05) is 12.2 Å². The Labute approximate surface area is 419 Å². The van der Waals surface area contributed by atoms with Gasteiger partial charge in [0.15, 0.2) is 49.3 Å². The molecule has 0 aromatic carbocycles. The lowest BCUT2D eigenvalue weighted by atomic mass is 10.2. The van der Waals surface area contributed by atoms with Gasteiger partial charge in [0.25, 0.3) is 0 Å². The minimum absolute atomic E-state index is 0.00478. The number of carbonyl (C=O) groups is 8. The summed E-state index contributed by atoms with van der Waals surface area (Å²) >= 11 is 0. The van der Waals surface area contributed by atoms with Gasteiger partial charge in [-0.25, -0.2) is 38.4 Å². The van der Waals surface area contributed by atoms with Gasteiger partial charge in [0.05, 0.1) is 0 Å². The normalized spacial score (nSPS) is 28.8. The van der Waals surface area contributed by atoms with Crippen LogP contribution in [-0.4, -0.2) is 255 Å². The fourth-order valence-electron chi connectivity index (χ4n) is 12.0. The SMILES string of the molecule is C=CCN1C(=O)N(CC=C)[C@@H]2[C@H]1N1CN3C(=O)N(CN4C(=O)N(CN5C(=O)N(CN2C1=O)[C@H]1[C@@H]5N(CC=C)C(=O)N1CC=C)[C@@H]1[C@H]4N(C/C=C/CCCC)C(=O)N1CC=C)[C@H]1[C@@H]3N(CC=C)C(=O)N1CC=C. The first-order valence-corrected chi connectivity index (χ1v) is 24.3. The minimum atomic E-state index is -1.07. The number of fused-ring (bicyclic) bond motifs is 20. The second-order valence-electron chi connectivity index (χ2n) is 18.7. The average molecular weight is 993 g/mol. The maximum Gasteiger partial charge on any atom is 0.326 e. The third-order valence-corrected chi connectivity index (χ3v) is 14.8. The van der Waals surface area contributed by atoms with E-state index in [0.29, 0.717) is 0 Å². The van der Waals surface area contributed by atoms with E-state index in [2.05, 4.69) is 53.0 Å². The van der Waals surface area contributed by atoms with Crippen molar-refractivity contribution in [3.05, 3.63) is 101 Å². The molecular formula is C48H64N16O8. The molecule has 0 aromatic rings. The first kappa shape index (κ1) is 49.1. The average Bonchev–Trinajstić information content (AvgIpc) is 4.19. The third kappa shape index (κ3) is 7.14. The molecule has 384 valence electrons. The van der Waals surface area contributed by atoms with Crippen LogP contribution < -0.4 is 0 Å². The molecule has 0 N–H and O–H groups in total. The van der Waals surface area contributed by atoms with Crippen LogP contribution in [0.5, 0.6) is 0 Å². The van der Waals surface area contributed by atoms with Crippen LogP contribution >= 0.6 is 0 Å². The van der Waals surface area contributed by atoms with Gasteiger partial charge in [-0.2, -0.15) is 0 Å². The molecule has 8 atom stereocenters. The predicted molar refractivity (Wildman–Crippen MR) is 261 cm³/mol. The minimum Gasteiger partial charge on any atom is -0.296 e. The molecule has 0 spiro atoms. The number of allylic oxidation sites excluding steroid dienone is 1. The Bertz CT molecular complexity index is 2390. The van der Waals surface area contributed by atoms with E-state index in [4.69, 9.17) is 0 Å². The van der Waals surface area contributed by atoms with E-state index >= 15 is 19.2 Å². The van der Waals surface area contributed by atoms with E-state index in [1.165, 1.54) is 110 Å². The van der Waals surface area contributed by atoms with Crippen molar-refractivity contribution >= 4 is 48.2 Å². The molecular weight excluding hydrogens is 929 g/mol. The van der Waals surface area contributed by atoms with Crippen LogP contribution in [0.15, 0.2) is 101 Å². The van der Waals surface area contributed by atoms with Gasteiger partial charge in [0.2, 0.25) is 0 Å². The molecule has 24 heteroatoms. The second kappa shape index (κ2) is 19.4. The second-order valence-corrected chi connectivity index (χ2v) is 18.7. The lowest BCUT2D eigenvalue weighted by molar-refractivity contribution is 0.0509. The number of hydrogen-bond donors (Lipinski definition) is 0. The number of hydrogen-bond acceptors (Lipinski definition) is 8. The highest BCUT2D eigenvalue weighted by Gasteiger charge is 2.68. The summed E-state index contributed by atoms with van der Waals surface area (Å²) < 4.78 is 0. The Morgan fingerprint density at radius 1 is 0.319 bits per heavy atom. The zero-order valence-corrected chi connectivity index (χ0v) is 40.8. The molecule has 9 aliphatic rings. The smallest absolute Gasteiger partial charge is 0.296 e. The summed E-state index contributed by atoms with van der Waals surface area (Å²) in [7, 11) is 0. The van der Waals surface area contributed by atoms with Crippen LogP contribution in [0.4, 0.5) is 38.4 Å². The van der Waals surface area contributed by atoms with Crippen molar-refractivity contribution in [2.24, 2.45) is 0 Å². The first-order valence-electron chi connectivity index (χ1n) is 24.3. The Morgan fingerprint density at radius 3 is 0.694 bits per heavy atom. The molecule has 0 saturated carbocycles. The number of nitrogens with zero attached hydrogens (tertiary/aromatic N) is 16. The van der Waals surface area contributed by atoms with E-state index in [1.54, 1.807) is 11.0 Å². The van der Waals surface area contributed by atoms with Gasteiger partial charge in [-0.3, -0.25) is 78.4 Å². The van der Waals surface area contributed by atoms with Crippen molar-refractivity contribution in [1.29, 1.82) is 0 Å². The summed E-state index contributed by atoms with van der Waals surface area (Å²) in [4.78, 5) is 144. The van der Waals surface area contributed by atoms with E-state index in [-0.39, 0.29) is 52.4 Å². The summed E-state index contributed by atoms with van der Waals surface area (Å²) in [5, 5.41) is 0. The van der Waals surface area contributed by atoms with Crippen LogP contribution in [0.3, 0.4) is 0 Å². The van der Waals surface area contributed by atoms with Gasteiger partial charge >= 0.3 is 48.2 Å². The van der Waals surface area contributed by atoms with Crippen molar-refractivity contribution in [2.45, 2.75) is 75.5 Å². The van der Waals surface area contributed by atoms with Crippen molar-refractivity contribution in [3.63, 3.8) is 0 Å². The van der Waals surface area contributed by atoms with Crippen LogP contribution in [0.1, 0.15) is 26.2 Å². The number of amides is 16. The van der Waals surface area contributed by atoms with Crippen LogP contribution in [0, 0.1) is 0 Å². The standard InChI is InChI=1S/C48H64N16O8/c1-9-17-18-19-20-28-56-40-39(55(27-16-8)44(56)68)63-31-61-36-35(51(23-12-4)42(66)52(36)24-13-5)59(46(61)70)29-57-33-34(50(22-11-3)41(65)49(33)21-10-2)58(45(57)69)30-60-37-38(62(47(60)71)32-64(40)48(63)72)54(26-15-7)43(67)53(37)25-14-6/h10-16,19-20,33-40H,2-9,17-18,21-32H2,1H3/b20-19+/t33-,34+,35-,36+,37+,38-,39+,40-/m0/s1. The van der Waals surface area contributed by atoms with Gasteiger partial charge in [-0.05, 0) is 6.42 Å². The fourth-order valence-corrected chi connectivity index (χ4v) is 12.0. The van der Waals surface area contributed by atoms with Gasteiger partial charge < -0.3 is 0 Å². The van der Waals surface area contributed by atoms with Gasteiger partial charge in [0, 0.05) is 52.4 Å². The summed E-state index contributed by atoms with van der Waals surface area (Å²) in [5.74, 6) is 0. The highest BCUT2D eigenvalue weighted by Crippen LogP contribution is 2.44. The lowest BCUT2D eigenvalue weighted by Gasteiger charge is -2.37. The molecule has 9 saturated heterocycles. The summed E-state index contributed by atoms with van der Waals surface area (Å²) in [6.07, 6.45) is 8.66. The number of carbonyl (C=O) groups excluding carboxylic acids is 8. The number of unbranched alkanes of at least 4 members (excludes halogenated alkanes) is 2. The van der Waals surface area contributed by atoms with Gasteiger partial charge in [-0.1, -0.05) is 74.4 Å². The molecule has 8 bridgehead atoms. The molecule has 9 fully saturated rings. The number of rotatable bonds is 19. The topological polar surface area (TPSA) is 188 Å². The van der Waals surface area contributed by atoms with Crippen molar-refractivity contribution in [1.82, 2.24) is 78.4 Å². The van der Waals surface area contributed by atoms with E-state index in [0.717, 1.165) is 19.3 Å². The Kier molecular flexibility index (Phi) is 13.2. The molecule has 9 rings (SSSR count). The largest absolute Gasteiger partial charge is 0.326 e. The quantitative estimate of drug-likeness (QED) is 0.139. The Morgan fingerprint density at radius 2 is 0.514 bits per heavy atom. The van der Waals surface area contributed by atoms with Gasteiger partial charge in [-0.15, -0.1) is 46.1 Å². The fraction of sp³-hybridized carbons (Fsp3) is 0.500. The summed E-state index contributed by atoms with van der Waals surface area (Å²) in [6.45, 7) is 27.6. The Hall–Kier alpha value is -7.92. The molecule has 0 aromatic heterocycles. The molecule has 72 heavy (non-hydrogen) atoms. The highest BCUT2D eigenvalue weighted by atomic mass is 16.2. The van der Waals surface area contributed by atoms with E-state index < -0.39 is 124 Å². The predicted octanol–water partition coefficient (Wildman–Crippen LogP) is 3.39. The summed E-state index contributed by atoms with van der Waals surface area (Å²) in [5.41, 5.74) is 0. The van der Waals surface area contributed by atoms with Crippen LogP contribution in [0.2, 0.25) is 0 Å². The lowest BCUT2D eigenvalue weighted by Crippen LogP contribution is -2.57. The van der Waals surface area contributed by atoms with Crippen molar-refractivity contribution < 1.29 is 38.4 Å². The van der Waals surface area contributed by atoms with Crippen LogP contribution in [-0.2, 0) is 0 Å². The first-order chi connectivity index (χ1) is 34.8. The number of urea groups is 8. The molecule has 0 unspecified atom stereocenters. The molecule has 0 radical (unpaired) electrons. The zero-order valence-electron chi connectivity index (χ0n) is 40.8. The molecule has 9 heterocycles. The summed E-state index contributed by atoms with van der Waals surface area (Å²) in [6, 6.07) is -4.38. The molecule has 16 amide bonds.